The zero-order valence-electron chi connectivity index (χ0n) is 24.8. The van der Waals surface area contributed by atoms with Gasteiger partial charge in [-0.2, -0.15) is 0 Å². The van der Waals surface area contributed by atoms with E-state index in [1.807, 2.05) is 11.3 Å². The third kappa shape index (κ3) is 3.68. The quantitative estimate of drug-likeness (QED) is 0.183. The average Bonchev–Trinajstić information content (AvgIpc) is 3.68. The monoisotopic (exact) mass is 602 g/mol. The van der Waals surface area contributed by atoms with Gasteiger partial charge in [0, 0.05) is 36.5 Å². The Bertz CT molecular complexity index is 2720. The van der Waals surface area contributed by atoms with Gasteiger partial charge < -0.3 is 4.42 Å². The van der Waals surface area contributed by atoms with Gasteiger partial charge in [0.2, 0.25) is 0 Å². The topological polar surface area (TPSA) is 13.1 Å². The Labute approximate surface area is 269 Å². The minimum atomic E-state index is 0.925. The van der Waals surface area contributed by atoms with Crippen LogP contribution in [0.1, 0.15) is 0 Å². The number of rotatable bonds is 3. The van der Waals surface area contributed by atoms with Gasteiger partial charge in [-0.15, -0.1) is 11.3 Å². The highest BCUT2D eigenvalue weighted by Gasteiger charge is 2.21. The smallest absolute Gasteiger partial charge is 0.143 e. The summed E-state index contributed by atoms with van der Waals surface area (Å²) in [7, 11) is 0. The molecule has 2 heterocycles. The lowest BCUT2D eigenvalue weighted by Gasteiger charge is -2.18. The molecule has 214 valence electrons. The molecule has 0 amide bonds. The average molecular weight is 603 g/mol. The summed E-state index contributed by atoms with van der Waals surface area (Å²) in [6, 6.07) is 57.1. The maximum atomic E-state index is 6.65. The summed E-state index contributed by atoms with van der Waals surface area (Å²) < 4.78 is 9.23. The molecule has 0 N–H and O–H groups in total. The van der Waals surface area contributed by atoms with Crippen molar-refractivity contribution < 1.29 is 4.42 Å². The Morgan fingerprint density at radius 1 is 0.348 bits per heavy atom. The number of fused-ring (bicyclic) bond motifs is 8. The zero-order valence-corrected chi connectivity index (χ0v) is 25.6. The second-order valence-corrected chi connectivity index (χ2v) is 13.1. The van der Waals surface area contributed by atoms with Crippen LogP contribution >= 0.6 is 11.3 Å². The molecule has 2 aromatic heterocycles. The molecule has 2 heteroatoms. The lowest BCUT2D eigenvalue weighted by atomic mass is 9.85. The molecule has 0 aliphatic rings. The van der Waals surface area contributed by atoms with Crippen molar-refractivity contribution in [3.05, 3.63) is 158 Å². The van der Waals surface area contributed by atoms with Crippen LogP contribution in [-0.2, 0) is 0 Å². The fourth-order valence-electron chi connectivity index (χ4n) is 7.50. The molecule has 0 saturated heterocycles. The van der Waals surface area contributed by atoms with E-state index in [2.05, 4.69) is 158 Å². The van der Waals surface area contributed by atoms with E-state index in [4.69, 9.17) is 4.42 Å². The van der Waals surface area contributed by atoms with Crippen LogP contribution in [0.5, 0.6) is 0 Å². The maximum Gasteiger partial charge on any atom is 0.143 e. The van der Waals surface area contributed by atoms with Crippen molar-refractivity contribution in [1.29, 1.82) is 0 Å². The van der Waals surface area contributed by atoms with Crippen LogP contribution < -0.4 is 0 Å². The van der Waals surface area contributed by atoms with Crippen molar-refractivity contribution in [3.8, 4) is 33.4 Å². The van der Waals surface area contributed by atoms with Crippen molar-refractivity contribution in [2.24, 2.45) is 0 Å². The maximum absolute atomic E-state index is 6.65. The molecule has 10 aromatic rings. The highest BCUT2D eigenvalue weighted by molar-refractivity contribution is 7.26. The highest BCUT2D eigenvalue weighted by Crippen LogP contribution is 2.48. The summed E-state index contributed by atoms with van der Waals surface area (Å²) in [5.74, 6) is 0. The summed E-state index contributed by atoms with van der Waals surface area (Å²) >= 11 is 1.86. The van der Waals surface area contributed by atoms with Gasteiger partial charge in [0.05, 0.1) is 0 Å². The predicted molar refractivity (Wildman–Crippen MR) is 198 cm³/mol. The van der Waals surface area contributed by atoms with Gasteiger partial charge in [-0.1, -0.05) is 140 Å². The molecule has 10 rings (SSSR count). The highest BCUT2D eigenvalue weighted by atomic mass is 32.1. The molecule has 0 unspecified atom stereocenters. The van der Waals surface area contributed by atoms with Gasteiger partial charge in [0.1, 0.15) is 11.2 Å². The molecule has 0 saturated carbocycles. The molecule has 0 bridgehead atoms. The van der Waals surface area contributed by atoms with E-state index >= 15 is 0 Å². The van der Waals surface area contributed by atoms with Gasteiger partial charge in [-0.05, 0) is 67.6 Å². The summed E-state index contributed by atoms with van der Waals surface area (Å²) in [5.41, 5.74) is 9.21. The van der Waals surface area contributed by atoms with Crippen LogP contribution in [0.15, 0.2) is 162 Å². The molecule has 0 aliphatic carbocycles. The Morgan fingerprint density at radius 2 is 0.826 bits per heavy atom. The third-order valence-electron chi connectivity index (χ3n) is 9.47. The first-order valence-corrected chi connectivity index (χ1v) is 16.5. The molecular formula is C44H26OS. The van der Waals surface area contributed by atoms with Crippen molar-refractivity contribution in [2.75, 3.05) is 0 Å². The van der Waals surface area contributed by atoms with Gasteiger partial charge in [0.25, 0.3) is 0 Å². The number of furan rings is 1. The van der Waals surface area contributed by atoms with Crippen LogP contribution in [0.2, 0.25) is 0 Å². The lowest BCUT2D eigenvalue weighted by molar-refractivity contribution is 0.670. The fraction of sp³-hybridized carbons (Fsp3) is 0. The molecule has 46 heavy (non-hydrogen) atoms. The van der Waals surface area contributed by atoms with Gasteiger partial charge in [-0.25, -0.2) is 0 Å². The number of para-hydroxylation sites is 1. The van der Waals surface area contributed by atoms with E-state index in [9.17, 15) is 0 Å². The van der Waals surface area contributed by atoms with Crippen LogP contribution in [0.25, 0.3) is 97.0 Å². The van der Waals surface area contributed by atoms with E-state index in [0.717, 1.165) is 22.1 Å². The fourth-order valence-corrected chi connectivity index (χ4v) is 8.65. The molecule has 1 nitrogen and oxygen atoms in total. The number of hydrogen-bond donors (Lipinski definition) is 0. The van der Waals surface area contributed by atoms with E-state index in [0.29, 0.717) is 0 Å². The van der Waals surface area contributed by atoms with Crippen LogP contribution in [-0.4, -0.2) is 0 Å². The molecule has 0 atom stereocenters. The van der Waals surface area contributed by atoms with Crippen molar-refractivity contribution in [2.45, 2.75) is 0 Å². The zero-order chi connectivity index (χ0) is 30.2. The van der Waals surface area contributed by atoms with E-state index in [-0.39, 0.29) is 0 Å². The standard InChI is InChI=1S/C44H26OS/c1-2-12-27(13-3-1)40-31-15-4-6-17-33(31)41(34-18-7-5-16-32(34)40)28-22-24-29(25-23-28)42-43-35-19-9-11-21-38(35)46-39(43)26-36-30-14-8-10-20-37(30)45-44(36)42/h1-26H. The van der Waals surface area contributed by atoms with Gasteiger partial charge in [0.15, 0.2) is 0 Å². The van der Waals surface area contributed by atoms with E-state index < -0.39 is 0 Å². The van der Waals surface area contributed by atoms with Gasteiger partial charge in [-0.3, -0.25) is 0 Å². The Kier molecular flexibility index (Phi) is 5.51. The Morgan fingerprint density at radius 3 is 1.46 bits per heavy atom. The van der Waals surface area contributed by atoms with E-state index in [1.165, 1.54) is 74.9 Å². The normalized spacial score (nSPS) is 11.9. The van der Waals surface area contributed by atoms with E-state index in [1.54, 1.807) is 0 Å². The molecule has 0 fully saturated rings. The summed E-state index contributed by atoms with van der Waals surface area (Å²) in [5, 5.41) is 9.93. The minimum Gasteiger partial charge on any atom is -0.455 e. The predicted octanol–water partition coefficient (Wildman–Crippen LogP) is 13.3. The number of hydrogen-bond acceptors (Lipinski definition) is 2. The van der Waals surface area contributed by atoms with Crippen molar-refractivity contribution in [3.63, 3.8) is 0 Å². The number of thiophene rings is 1. The summed E-state index contributed by atoms with van der Waals surface area (Å²) in [4.78, 5) is 0. The first kappa shape index (κ1) is 25.6. The molecule has 8 aromatic carbocycles. The van der Waals surface area contributed by atoms with Crippen molar-refractivity contribution in [1.82, 2.24) is 0 Å². The SMILES string of the molecule is c1ccc(-c2c3ccccc3c(-c3ccc(-c4c5oc6ccccc6c5cc5sc6ccccc6c45)cc3)c3ccccc23)cc1. The minimum absolute atomic E-state index is 0.925. The summed E-state index contributed by atoms with van der Waals surface area (Å²) in [6.45, 7) is 0. The Balaban J connectivity index is 1.25. The van der Waals surface area contributed by atoms with Crippen LogP contribution in [0.4, 0.5) is 0 Å². The van der Waals surface area contributed by atoms with Crippen LogP contribution in [0.3, 0.4) is 0 Å². The molecule has 0 aliphatic heterocycles. The first-order chi connectivity index (χ1) is 22.8. The Hall–Kier alpha value is -5.70. The summed E-state index contributed by atoms with van der Waals surface area (Å²) in [6.07, 6.45) is 0. The second-order valence-electron chi connectivity index (χ2n) is 12.0. The molecule has 0 radical (unpaired) electrons. The van der Waals surface area contributed by atoms with Crippen LogP contribution in [0, 0.1) is 0 Å². The third-order valence-corrected chi connectivity index (χ3v) is 10.6. The lowest BCUT2D eigenvalue weighted by Crippen LogP contribution is -1.91. The first-order valence-electron chi connectivity index (χ1n) is 15.7. The van der Waals surface area contributed by atoms with Crippen molar-refractivity contribution >= 4 is 75.0 Å². The number of benzene rings is 8. The largest absolute Gasteiger partial charge is 0.455 e. The molecule has 0 spiro atoms. The van der Waals surface area contributed by atoms with Gasteiger partial charge >= 0.3 is 0 Å². The second kappa shape index (κ2) is 9.90. The molecular weight excluding hydrogens is 577 g/mol.